The molecule has 8 nitrogen and oxygen atoms in total. The lowest BCUT2D eigenvalue weighted by Gasteiger charge is -2.06. The molecule has 0 bridgehead atoms. The van der Waals surface area contributed by atoms with Gasteiger partial charge < -0.3 is 14.5 Å². The summed E-state index contributed by atoms with van der Waals surface area (Å²) in [5.74, 6) is -1.82. The van der Waals surface area contributed by atoms with Crippen LogP contribution in [0.15, 0.2) is 16.5 Å². The van der Waals surface area contributed by atoms with E-state index >= 15 is 0 Å². The van der Waals surface area contributed by atoms with Crippen molar-refractivity contribution in [2.24, 2.45) is 0 Å². The summed E-state index contributed by atoms with van der Waals surface area (Å²) in [4.78, 5) is 35.4. The van der Waals surface area contributed by atoms with E-state index < -0.39 is 22.7 Å². The molecule has 0 radical (unpaired) electrons. The number of hydrogen-bond acceptors (Lipinski definition) is 7. The summed E-state index contributed by atoms with van der Waals surface area (Å²) in [5.41, 5.74) is 1.29. The summed E-state index contributed by atoms with van der Waals surface area (Å²) in [7, 11) is 0. The van der Waals surface area contributed by atoms with Crippen molar-refractivity contribution in [3.63, 3.8) is 0 Å². The highest BCUT2D eigenvalue weighted by molar-refractivity contribution is 7.17. The number of carbonyl (C=O) groups is 2. The highest BCUT2D eigenvalue weighted by Gasteiger charge is 2.29. The van der Waals surface area contributed by atoms with Crippen LogP contribution in [0.3, 0.4) is 0 Å². The van der Waals surface area contributed by atoms with Gasteiger partial charge >= 0.3 is 11.9 Å². The molecule has 1 aliphatic carbocycles. The first-order valence-electron chi connectivity index (χ1n) is 7.38. The Morgan fingerprint density at radius 3 is 2.88 bits per heavy atom. The molecule has 0 aromatic carbocycles. The van der Waals surface area contributed by atoms with E-state index in [4.69, 9.17) is 9.15 Å². The number of hydrogen-bond donors (Lipinski definition) is 1. The average molecular weight is 350 g/mol. The summed E-state index contributed by atoms with van der Waals surface area (Å²) < 4.78 is 9.96. The number of rotatable bonds is 5. The van der Waals surface area contributed by atoms with Gasteiger partial charge in [0.05, 0.1) is 18.2 Å². The standard InChI is InChI=1S/C15H14N2O6S/c1-2-22-15(19)12-8-4-3-5-10(8)24-14(12)16-13(18)9-6-7-11(23-9)17(20)21/h6-7H,2-5H2,1H3,(H,16,18). The van der Waals surface area contributed by atoms with Crippen molar-refractivity contribution < 1.29 is 23.7 Å². The van der Waals surface area contributed by atoms with Crippen LogP contribution >= 0.6 is 11.3 Å². The van der Waals surface area contributed by atoms with Gasteiger partial charge in [0.1, 0.15) is 9.92 Å². The minimum Gasteiger partial charge on any atom is -0.462 e. The van der Waals surface area contributed by atoms with Crippen molar-refractivity contribution in [1.82, 2.24) is 0 Å². The predicted octanol–water partition coefficient (Wildman–Crippen LogP) is 3.17. The smallest absolute Gasteiger partial charge is 0.433 e. The van der Waals surface area contributed by atoms with E-state index in [0.29, 0.717) is 10.6 Å². The van der Waals surface area contributed by atoms with Crippen LogP contribution < -0.4 is 5.32 Å². The van der Waals surface area contributed by atoms with Gasteiger partial charge in [-0.2, -0.15) is 0 Å². The zero-order valence-electron chi connectivity index (χ0n) is 12.8. The zero-order valence-corrected chi connectivity index (χ0v) is 13.6. The Bertz CT molecular complexity index is 822. The number of fused-ring (bicyclic) bond motifs is 1. The highest BCUT2D eigenvalue weighted by atomic mass is 32.1. The number of aryl methyl sites for hydroxylation is 1. The molecular formula is C15H14N2O6S. The molecule has 3 rings (SSSR count). The highest BCUT2D eigenvalue weighted by Crippen LogP contribution is 2.39. The van der Waals surface area contributed by atoms with Crippen molar-refractivity contribution in [3.05, 3.63) is 44.0 Å². The van der Waals surface area contributed by atoms with Gasteiger partial charge in [0, 0.05) is 4.88 Å². The fourth-order valence-electron chi connectivity index (χ4n) is 2.62. The Hall–Kier alpha value is -2.68. The van der Waals surface area contributed by atoms with Gasteiger partial charge in [-0.25, -0.2) is 4.79 Å². The number of esters is 1. The number of carbonyl (C=O) groups excluding carboxylic acids is 2. The van der Waals surface area contributed by atoms with E-state index in [1.165, 1.54) is 17.4 Å². The van der Waals surface area contributed by atoms with Crippen molar-refractivity contribution in [1.29, 1.82) is 0 Å². The molecule has 0 saturated carbocycles. The number of furan rings is 1. The van der Waals surface area contributed by atoms with Crippen LogP contribution in [0, 0.1) is 10.1 Å². The fourth-order valence-corrected chi connectivity index (χ4v) is 3.90. The summed E-state index contributed by atoms with van der Waals surface area (Å²) in [6.45, 7) is 1.95. The van der Waals surface area contributed by atoms with Crippen LogP contribution in [0.25, 0.3) is 0 Å². The molecule has 1 N–H and O–H groups in total. The monoisotopic (exact) mass is 350 g/mol. The summed E-state index contributed by atoms with van der Waals surface area (Å²) in [6.07, 6.45) is 2.59. The van der Waals surface area contributed by atoms with Crippen molar-refractivity contribution in [2.75, 3.05) is 11.9 Å². The second kappa shape index (κ2) is 6.44. The average Bonchev–Trinajstić information content (AvgIpc) is 3.22. The SMILES string of the molecule is CCOC(=O)c1c(NC(=O)c2ccc([N+](=O)[O-])o2)sc2c1CCC2. The molecular weight excluding hydrogens is 336 g/mol. The van der Waals surface area contributed by atoms with Crippen molar-refractivity contribution in [2.45, 2.75) is 26.2 Å². The number of nitrogens with zero attached hydrogens (tertiary/aromatic N) is 1. The lowest BCUT2D eigenvalue weighted by Crippen LogP contribution is -2.14. The van der Waals surface area contributed by atoms with Crippen LogP contribution in [0.5, 0.6) is 0 Å². The van der Waals surface area contributed by atoms with Crippen molar-refractivity contribution in [3.8, 4) is 0 Å². The van der Waals surface area contributed by atoms with E-state index in [9.17, 15) is 19.7 Å². The van der Waals surface area contributed by atoms with Gasteiger partial charge in [-0.3, -0.25) is 14.9 Å². The van der Waals surface area contributed by atoms with Gasteiger partial charge in [0.25, 0.3) is 5.91 Å². The first-order valence-corrected chi connectivity index (χ1v) is 8.20. The van der Waals surface area contributed by atoms with Gasteiger partial charge in [0.15, 0.2) is 5.76 Å². The van der Waals surface area contributed by atoms with Crippen LogP contribution in [0.4, 0.5) is 10.9 Å². The Kier molecular flexibility index (Phi) is 4.34. The largest absolute Gasteiger partial charge is 0.462 e. The minimum absolute atomic E-state index is 0.190. The van der Waals surface area contributed by atoms with Gasteiger partial charge in [-0.05, 0) is 37.8 Å². The Morgan fingerprint density at radius 1 is 1.42 bits per heavy atom. The number of amides is 1. The number of nitrogens with one attached hydrogen (secondary N) is 1. The second-order valence-corrected chi connectivity index (χ2v) is 6.24. The third-order valence-electron chi connectivity index (χ3n) is 3.62. The van der Waals surface area contributed by atoms with E-state index in [1.54, 1.807) is 6.92 Å². The summed E-state index contributed by atoms with van der Waals surface area (Å²) in [5, 5.41) is 13.6. The molecule has 1 aliphatic rings. The van der Waals surface area contributed by atoms with E-state index in [2.05, 4.69) is 5.32 Å². The zero-order chi connectivity index (χ0) is 17.3. The molecule has 24 heavy (non-hydrogen) atoms. The molecule has 0 atom stereocenters. The molecule has 0 saturated heterocycles. The second-order valence-electron chi connectivity index (χ2n) is 5.13. The van der Waals surface area contributed by atoms with E-state index in [1.807, 2.05) is 0 Å². The Labute approximate surface area is 140 Å². The molecule has 0 fully saturated rings. The topological polar surface area (TPSA) is 112 Å². The number of nitro groups is 1. The minimum atomic E-state index is -0.722. The summed E-state index contributed by atoms with van der Waals surface area (Å²) >= 11 is 1.33. The maximum Gasteiger partial charge on any atom is 0.433 e. The fraction of sp³-hybridized carbons (Fsp3) is 0.333. The third-order valence-corrected chi connectivity index (χ3v) is 4.83. The molecule has 0 unspecified atom stereocenters. The van der Waals surface area contributed by atoms with Gasteiger partial charge in [-0.1, -0.05) is 0 Å². The maximum absolute atomic E-state index is 12.2. The molecule has 2 aromatic heterocycles. The Balaban J connectivity index is 1.87. The Morgan fingerprint density at radius 2 is 2.21 bits per heavy atom. The summed E-state index contributed by atoms with van der Waals surface area (Å²) in [6, 6.07) is 2.33. The molecule has 2 aromatic rings. The van der Waals surface area contributed by atoms with Crippen molar-refractivity contribution >= 4 is 34.1 Å². The normalized spacial score (nSPS) is 12.7. The van der Waals surface area contributed by atoms with Gasteiger partial charge in [-0.15, -0.1) is 11.3 Å². The van der Waals surface area contributed by atoms with Gasteiger partial charge in [0.2, 0.25) is 0 Å². The molecule has 1 amide bonds. The first-order chi connectivity index (χ1) is 11.5. The lowest BCUT2D eigenvalue weighted by molar-refractivity contribution is -0.402. The molecule has 9 heteroatoms. The maximum atomic E-state index is 12.2. The van der Waals surface area contributed by atoms with Crippen LogP contribution in [-0.2, 0) is 17.6 Å². The van der Waals surface area contributed by atoms with Crippen LogP contribution in [-0.4, -0.2) is 23.4 Å². The first kappa shape index (κ1) is 16.2. The van der Waals surface area contributed by atoms with E-state index in [0.717, 1.165) is 35.8 Å². The lowest BCUT2D eigenvalue weighted by atomic mass is 10.1. The van der Waals surface area contributed by atoms with Crippen LogP contribution in [0.2, 0.25) is 0 Å². The molecule has 0 aliphatic heterocycles. The van der Waals surface area contributed by atoms with E-state index in [-0.39, 0.29) is 12.4 Å². The third kappa shape index (κ3) is 2.90. The molecule has 2 heterocycles. The quantitative estimate of drug-likeness (QED) is 0.503. The number of thiophene rings is 1. The number of ether oxygens (including phenoxy) is 1. The molecule has 126 valence electrons. The van der Waals surface area contributed by atoms with Crippen LogP contribution in [0.1, 0.15) is 44.7 Å². The molecule has 0 spiro atoms. The number of anilines is 1. The predicted molar refractivity (Wildman–Crippen MR) is 85.6 cm³/mol.